The molecule has 4 heteroatoms. The minimum atomic E-state index is -0.143. The third kappa shape index (κ3) is 2.33. The van der Waals surface area contributed by atoms with Crippen LogP contribution in [0.1, 0.15) is 20.3 Å². The predicted octanol–water partition coefficient (Wildman–Crippen LogP) is 0.396. The largest absolute Gasteiger partial charge is 0.340 e. The number of amides is 1. The van der Waals surface area contributed by atoms with E-state index in [1.54, 1.807) is 0 Å². The van der Waals surface area contributed by atoms with E-state index in [1.165, 1.54) is 0 Å². The van der Waals surface area contributed by atoms with Crippen LogP contribution in [0.3, 0.4) is 0 Å². The lowest BCUT2D eigenvalue weighted by atomic mass is 9.75. The maximum atomic E-state index is 12.7. The maximum Gasteiger partial charge on any atom is 0.230 e. The van der Waals surface area contributed by atoms with E-state index in [4.69, 9.17) is 0 Å². The zero-order valence-corrected chi connectivity index (χ0v) is 11.3. The third-order valence-corrected chi connectivity index (χ3v) is 4.51. The lowest BCUT2D eigenvalue weighted by Gasteiger charge is -2.40. The lowest BCUT2D eigenvalue weighted by Crippen LogP contribution is -2.54. The number of nitrogens with one attached hydrogen (secondary N) is 1. The molecule has 2 fully saturated rings. The van der Waals surface area contributed by atoms with Crippen molar-refractivity contribution in [1.29, 1.82) is 0 Å². The highest BCUT2D eigenvalue weighted by atomic mass is 16.2. The van der Waals surface area contributed by atoms with Gasteiger partial charge in [-0.25, -0.2) is 0 Å². The summed E-state index contributed by atoms with van der Waals surface area (Å²) in [5.41, 5.74) is -0.143. The normalized spacial score (nSPS) is 31.2. The summed E-state index contributed by atoms with van der Waals surface area (Å²) in [5.74, 6) is 0.801. The van der Waals surface area contributed by atoms with Gasteiger partial charge in [0.15, 0.2) is 0 Å². The number of rotatable bonds is 2. The highest BCUT2D eigenvalue weighted by Gasteiger charge is 2.46. The van der Waals surface area contributed by atoms with E-state index in [0.29, 0.717) is 11.8 Å². The smallest absolute Gasteiger partial charge is 0.230 e. The van der Waals surface area contributed by atoms with E-state index in [0.717, 1.165) is 45.7 Å². The van der Waals surface area contributed by atoms with Crippen molar-refractivity contribution in [2.24, 2.45) is 11.3 Å². The number of nitrogens with zero attached hydrogens (tertiary/aromatic N) is 2. The van der Waals surface area contributed by atoms with Crippen LogP contribution in [0.5, 0.6) is 0 Å². The zero-order chi connectivity index (χ0) is 12.5. The molecule has 17 heavy (non-hydrogen) atoms. The van der Waals surface area contributed by atoms with Crippen molar-refractivity contribution in [3.8, 4) is 0 Å². The molecule has 0 radical (unpaired) electrons. The first kappa shape index (κ1) is 12.8. The van der Waals surface area contributed by atoms with Gasteiger partial charge in [-0.2, -0.15) is 0 Å². The molecule has 0 aromatic carbocycles. The minimum absolute atomic E-state index is 0.143. The second kappa shape index (κ2) is 4.94. The predicted molar refractivity (Wildman–Crippen MR) is 68.8 cm³/mol. The highest BCUT2D eigenvalue weighted by molar-refractivity contribution is 5.83. The Balaban J connectivity index is 2.07. The molecular weight excluding hydrogens is 214 g/mol. The molecule has 0 aromatic rings. The Morgan fingerprint density at radius 3 is 2.35 bits per heavy atom. The van der Waals surface area contributed by atoms with Gasteiger partial charge in [-0.05, 0) is 25.9 Å². The molecule has 0 aromatic heterocycles. The summed E-state index contributed by atoms with van der Waals surface area (Å²) in [4.78, 5) is 17.1. The first-order valence-corrected chi connectivity index (χ1v) is 6.75. The second-order valence-corrected chi connectivity index (χ2v) is 5.83. The standard InChI is InChI=1S/C13H25N3O/c1-11(2)13(4-5-14-10-13)12(17)16-8-6-15(3)7-9-16/h11,14H,4-10H2,1-3H3. The molecule has 2 aliphatic heterocycles. The first-order valence-electron chi connectivity index (χ1n) is 6.75. The Morgan fingerprint density at radius 1 is 1.24 bits per heavy atom. The first-order chi connectivity index (χ1) is 8.06. The minimum Gasteiger partial charge on any atom is -0.340 e. The molecule has 0 bridgehead atoms. The molecule has 4 nitrogen and oxygen atoms in total. The molecule has 0 aliphatic carbocycles. The van der Waals surface area contributed by atoms with Gasteiger partial charge in [0, 0.05) is 32.7 Å². The van der Waals surface area contributed by atoms with Gasteiger partial charge < -0.3 is 15.1 Å². The molecule has 2 heterocycles. The molecule has 1 unspecified atom stereocenters. The van der Waals surface area contributed by atoms with Crippen molar-refractivity contribution in [3.63, 3.8) is 0 Å². The van der Waals surface area contributed by atoms with Crippen LogP contribution in [0, 0.1) is 11.3 Å². The SMILES string of the molecule is CC(C)C1(C(=O)N2CCN(C)CC2)CCNC1. The van der Waals surface area contributed by atoms with Crippen LogP contribution < -0.4 is 5.32 Å². The van der Waals surface area contributed by atoms with Gasteiger partial charge in [0.1, 0.15) is 0 Å². The average molecular weight is 239 g/mol. The summed E-state index contributed by atoms with van der Waals surface area (Å²) >= 11 is 0. The fraction of sp³-hybridized carbons (Fsp3) is 0.923. The van der Waals surface area contributed by atoms with E-state index in [-0.39, 0.29) is 5.41 Å². The molecule has 98 valence electrons. The van der Waals surface area contributed by atoms with Crippen LogP contribution in [0.4, 0.5) is 0 Å². The molecule has 2 rings (SSSR count). The third-order valence-electron chi connectivity index (χ3n) is 4.51. The van der Waals surface area contributed by atoms with Gasteiger partial charge in [-0.3, -0.25) is 4.79 Å². The van der Waals surface area contributed by atoms with Crippen molar-refractivity contribution < 1.29 is 4.79 Å². The van der Waals surface area contributed by atoms with Gasteiger partial charge in [0.2, 0.25) is 5.91 Å². The fourth-order valence-electron chi connectivity index (χ4n) is 2.96. The van der Waals surface area contributed by atoms with Gasteiger partial charge in [0.05, 0.1) is 5.41 Å². The maximum absolute atomic E-state index is 12.7. The van der Waals surface area contributed by atoms with Gasteiger partial charge in [0.25, 0.3) is 0 Å². The van der Waals surface area contributed by atoms with E-state index in [2.05, 4.69) is 36.0 Å². The van der Waals surface area contributed by atoms with Crippen molar-refractivity contribution >= 4 is 5.91 Å². The van der Waals surface area contributed by atoms with Crippen LogP contribution in [0.25, 0.3) is 0 Å². The Labute approximate surface area is 104 Å². The van der Waals surface area contributed by atoms with Crippen molar-refractivity contribution in [3.05, 3.63) is 0 Å². The Morgan fingerprint density at radius 2 is 1.88 bits per heavy atom. The van der Waals surface area contributed by atoms with Crippen LogP contribution in [0.15, 0.2) is 0 Å². The molecule has 2 saturated heterocycles. The molecule has 2 aliphatic rings. The van der Waals surface area contributed by atoms with Crippen molar-refractivity contribution in [2.45, 2.75) is 20.3 Å². The van der Waals surface area contributed by atoms with Crippen molar-refractivity contribution in [1.82, 2.24) is 15.1 Å². The topological polar surface area (TPSA) is 35.6 Å². The lowest BCUT2D eigenvalue weighted by molar-refractivity contribution is -0.145. The molecule has 1 atom stereocenters. The van der Waals surface area contributed by atoms with E-state index < -0.39 is 0 Å². The number of hydrogen-bond donors (Lipinski definition) is 1. The fourth-order valence-corrected chi connectivity index (χ4v) is 2.96. The summed E-state index contributed by atoms with van der Waals surface area (Å²) in [5, 5.41) is 3.37. The Bertz CT molecular complexity index is 276. The quantitative estimate of drug-likeness (QED) is 0.757. The number of piperazine rings is 1. The number of carbonyl (C=O) groups is 1. The zero-order valence-electron chi connectivity index (χ0n) is 11.3. The van der Waals surface area contributed by atoms with Gasteiger partial charge in [-0.1, -0.05) is 13.8 Å². The van der Waals surface area contributed by atoms with Gasteiger partial charge in [-0.15, -0.1) is 0 Å². The summed E-state index contributed by atoms with van der Waals surface area (Å²) < 4.78 is 0. The highest BCUT2D eigenvalue weighted by Crippen LogP contribution is 2.36. The van der Waals surface area contributed by atoms with E-state index in [9.17, 15) is 4.79 Å². The second-order valence-electron chi connectivity index (χ2n) is 5.83. The van der Waals surface area contributed by atoms with Crippen LogP contribution >= 0.6 is 0 Å². The van der Waals surface area contributed by atoms with Crippen LogP contribution in [-0.2, 0) is 4.79 Å². The molecule has 0 saturated carbocycles. The van der Waals surface area contributed by atoms with Crippen LogP contribution in [-0.4, -0.2) is 62.0 Å². The number of hydrogen-bond acceptors (Lipinski definition) is 3. The Kier molecular flexibility index (Phi) is 3.73. The molecular formula is C13H25N3O. The van der Waals surface area contributed by atoms with E-state index in [1.807, 2.05) is 0 Å². The Hall–Kier alpha value is -0.610. The van der Waals surface area contributed by atoms with Gasteiger partial charge >= 0.3 is 0 Å². The summed E-state index contributed by atoms with van der Waals surface area (Å²) in [6.07, 6.45) is 0.996. The summed E-state index contributed by atoms with van der Waals surface area (Å²) in [6.45, 7) is 10.0. The van der Waals surface area contributed by atoms with Crippen molar-refractivity contribution in [2.75, 3.05) is 46.3 Å². The monoisotopic (exact) mass is 239 g/mol. The number of carbonyl (C=O) groups excluding carboxylic acids is 1. The summed E-state index contributed by atoms with van der Waals surface area (Å²) in [6, 6.07) is 0. The molecule has 1 N–H and O–H groups in total. The average Bonchev–Trinajstić information content (AvgIpc) is 2.79. The molecule has 0 spiro atoms. The number of likely N-dealkylation sites (N-methyl/N-ethyl adjacent to an activating group) is 1. The van der Waals surface area contributed by atoms with E-state index >= 15 is 0 Å². The van der Waals surface area contributed by atoms with Crippen LogP contribution in [0.2, 0.25) is 0 Å². The summed E-state index contributed by atoms with van der Waals surface area (Å²) in [7, 11) is 2.12. The molecule has 1 amide bonds.